The summed E-state index contributed by atoms with van der Waals surface area (Å²) in [4.78, 5) is 27.6. The third kappa shape index (κ3) is 4.76. The number of H-pyrrole nitrogens is 1. The lowest BCUT2D eigenvalue weighted by Gasteiger charge is -2.31. The summed E-state index contributed by atoms with van der Waals surface area (Å²) in [6.07, 6.45) is -3.84. The zero-order valence-electron chi connectivity index (χ0n) is 16.0. The monoisotopic (exact) mass is 412 g/mol. The fourth-order valence-electron chi connectivity index (χ4n) is 2.46. The van der Waals surface area contributed by atoms with E-state index in [1.807, 2.05) is 0 Å². The van der Waals surface area contributed by atoms with Crippen LogP contribution in [0, 0.1) is 6.92 Å². The summed E-state index contributed by atoms with van der Waals surface area (Å²) in [6, 6.07) is 8.50. The van der Waals surface area contributed by atoms with Gasteiger partial charge in [-0.15, -0.1) is 0 Å². The highest BCUT2D eigenvalue weighted by atomic mass is 19.4. The van der Waals surface area contributed by atoms with Gasteiger partial charge in [-0.25, -0.2) is 15.1 Å². The van der Waals surface area contributed by atoms with E-state index in [0.29, 0.717) is 11.3 Å². The number of anilines is 1. The van der Waals surface area contributed by atoms with Crippen LogP contribution in [0.3, 0.4) is 0 Å². The number of rotatable bonds is 7. The first-order valence-corrected chi connectivity index (χ1v) is 8.60. The number of aromatic amines is 1. The van der Waals surface area contributed by atoms with Crippen LogP contribution in [-0.2, 0) is 9.53 Å². The third-order valence-corrected chi connectivity index (χ3v) is 4.04. The van der Waals surface area contributed by atoms with Gasteiger partial charge in [-0.3, -0.25) is 10.1 Å². The number of hydrogen-bond acceptors (Lipinski definition) is 5. The molecule has 0 unspecified atom stereocenters. The van der Waals surface area contributed by atoms with Crippen molar-refractivity contribution in [3.05, 3.63) is 53.7 Å². The molecule has 2 aromatic rings. The van der Waals surface area contributed by atoms with Crippen molar-refractivity contribution in [2.75, 3.05) is 19.0 Å². The second-order valence-corrected chi connectivity index (χ2v) is 6.00. The molecule has 0 saturated carbocycles. The third-order valence-electron chi connectivity index (χ3n) is 4.04. The van der Waals surface area contributed by atoms with Crippen molar-refractivity contribution in [1.82, 2.24) is 5.32 Å². The molecular weight excluding hydrogens is 391 g/mol. The van der Waals surface area contributed by atoms with E-state index in [2.05, 4.69) is 15.0 Å². The molecule has 0 radical (unpaired) electrons. The van der Waals surface area contributed by atoms with Crippen LogP contribution in [0.2, 0.25) is 0 Å². The second-order valence-electron chi connectivity index (χ2n) is 6.00. The van der Waals surface area contributed by atoms with Gasteiger partial charge in [-0.05, 0) is 50.2 Å². The molecule has 29 heavy (non-hydrogen) atoms. The van der Waals surface area contributed by atoms with Gasteiger partial charge < -0.3 is 9.47 Å². The predicted molar refractivity (Wildman–Crippen MR) is 97.2 cm³/mol. The first-order chi connectivity index (χ1) is 13.6. The minimum Gasteiger partial charge on any atom is -0.497 e. The van der Waals surface area contributed by atoms with Crippen LogP contribution >= 0.6 is 0 Å². The Balaban J connectivity index is 2.50. The van der Waals surface area contributed by atoms with E-state index in [9.17, 15) is 22.8 Å². The minimum atomic E-state index is -5.22. The zero-order chi connectivity index (χ0) is 21.7. The number of alkyl halides is 3. The number of carbonyl (C=O) groups is 2. The van der Waals surface area contributed by atoms with E-state index in [1.165, 1.54) is 57.5 Å². The van der Waals surface area contributed by atoms with Crippen LogP contribution in [0.5, 0.6) is 5.75 Å². The van der Waals surface area contributed by atoms with Gasteiger partial charge in [0.15, 0.2) is 0 Å². The highest BCUT2D eigenvalue weighted by Crippen LogP contribution is 2.33. The largest absolute Gasteiger partial charge is 0.497 e. The van der Waals surface area contributed by atoms with Crippen molar-refractivity contribution >= 4 is 17.7 Å². The quantitative estimate of drug-likeness (QED) is 0.539. The van der Waals surface area contributed by atoms with E-state index in [0.717, 1.165) is 0 Å². The van der Waals surface area contributed by atoms with E-state index in [-0.39, 0.29) is 18.0 Å². The molecule has 0 saturated heterocycles. The lowest BCUT2D eigenvalue weighted by molar-refractivity contribution is -0.363. The zero-order valence-corrected chi connectivity index (χ0v) is 16.0. The van der Waals surface area contributed by atoms with E-state index in [1.54, 1.807) is 11.4 Å². The smallest absolute Gasteiger partial charge is 0.464 e. The number of aromatic nitrogens is 1. The number of hydrogen-bond donors (Lipinski definition) is 2. The average molecular weight is 412 g/mol. The Labute approximate surface area is 165 Å². The Bertz CT molecular complexity index is 872. The van der Waals surface area contributed by atoms with Gasteiger partial charge >= 0.3 is 17.8 Å². The first-order valence-electron chi connectivity index (χ1n) is 8.60. The minimum absolute atomic E-state index is 0.0979. The second kappa shape index (κ2) is 8.80. The number of aryl methyl sites for hydroxylation is 1. The predicted octanol–water partition coefficient (Wildman–Crippen LogP) is 2.48. The summed E-state index contributed by atoms with van der Waals surface area (Å²) in [6.45, 7) is 2.59. The Kier molecular flexibility index (Phi) is 6.68. The van der Waals surface area contributed by atoms with Gasteiger partial charge in [0, 0.05) is 11.1 Å². The van der Waals surface area contributed by atoms with Crippen LogP contribution in [-0.4, -0.2) is 37.4 Å². The standard InChI is InChI=1S/C19H20F3N3O4/c1-4-29-17(27)18(19(20,21)22,24-15-12(2)6-5-11-23-15)25-16(26)13-7-9-14(28-3)10-8-13/h5-11H,4H2,1-3H3,(H,23,24)(H,25,26)/p+1/t18-/m0/s1. The lowest BCUT2D eigenvalue weighted by atomic mass is 10.1. The number of nitrogens with one attached hydrogen (secondary N) is 3. The molecule has 3 N–H and O–H groups in total. The summed E-state index contributed by atoms with van der Waals surface area (Å²) >= 11 is 0. The Morgan fingerprint density at radius 3 is 2.31 bits per heavy atom. The molecule has 1 aromatic heterocycles. The molecule has 1 aromatic carbocycles. The number of halogens is 3. The van der Waals surface area contributed by atoms with Crippen LogP contribution in [0.15, 0.2) is 42.6 Å². The summed E-state index contributed by atoms with van der Waals surface area (Å²) in [5, 5.41) is 3.87. The van der Waals surface area contributed by atoms with E-state index < -0.39 is 23.7 Å². The molecule has 0 fully saturated rings. The van der Waals surface area contributed by atoms with E-state index >= 15 is 0 Å². The van der Waals surface area contributed by atoms with Gasteiger partial charge in [0.05, 0.1) is 19.9 Å². The van der Waals surface area contributed by atoms with E-state index in [4.69, 9.17) is 4.74 Å². The Hall–Kier alpha value is -3.30. The van der Waals surface area contributed by atoms with Crippen molar-refractivity contribution in [2.45, 2.75) is 25.7 Å². The lowest BCUT2D eigenvalue weighted by Crippen LogP contribution is -2.69. The molecule has 0 aliphatic heterocycles. The summed E-state index contributed by atoms with van der Waals surface area (Å²) in [5.74, 6) is -2.50. The normalized spacial score (nSPS) is 13.2. The first kappa shape index (κ1) is 22.0. The number of benzene rings is 1. The van der Waals surface area contributed by atoms with Crippen LogP contribution in [0.4, 0.5) is 19.0 Å². The van der Waals surface area contributed by atoms with Gasteiger partial charge in [0.1, 0.15) is 5.75 Å². The number of amides is 1. The highest BCUT2D eigenvalue weighted by molar-refractivity contribution is 5.99. The molecule has 0 aliphatic rings. The maximum Gasteiger partial charge on any atom is 0.464 e. The maximum atomic E-state index is 14.1. The molecule has 1 atom stereocenters. The highest BCUT2D eigenvalue weighted by Gasteiger charge is 2.68. The number of methoxy groups -OCH3 is 1. The molecule has 1 amide bonds. The number of ether oxygens (including phenoxy) is 2. The van der Waals surface area contributed by atoms with Crippen molar-refractivity contribution in [2.24, 2.45) is 0 Å². The maximum absolute atomic E-state index is 14.1. The Morgan fingerprint density at radius 2 is 1.79 bits per heavy atom. The Morgan fingerprint density at radius 1 is 1.14 bits per heavy atom. The van der Waals surface area contributed by atoms with Crippen molar-refractivity contribution in [3.63, 3.8) is 0 Å². The SMILES string of the molecule is CCOC(=O)[C@@](NC(=O)c1ccc(OC)cc1)(Nc1[nH+]cccc1C)C(F)(F)F. The van der Waals surface area contributed by atoms with Gasteiger partial charge in [0.25, 0.3) is 11.7 Å². The average Bonchev–Trinajstić information content (AvgIpc) is 2.68. The molecule has 10 heteroatoms. The molecular formula is C19H21F3N3O4+. The molecule has 7 nitrogen and oxygen atoms in total. The molecule has 0 bridgehead atoms. The summed E-state index contributed by atoms with van der Waals surface area (Å²) < 4.78 is 52.1. The van der Waals surface area contributed by atoms with Gasteiger partial charge in [-0.1, -0.05) is 0 Å². The van der Waals surface area contributed by atoms with Crippen molar-refractivity contribution in [1.29, 1.82) is 0 Å². The molecule has 156 valence electrons. The van der Waals surface area contributed by atoms with Gasteiger partial charge in [0.2, 0.25) is 0 Å². The molecule has 0 aliphatic carbocycles. The number of esters is 1. The molecule has 0 spiro atoms. The number of carbonyl (C=O) groups excluding carboxylic acids is 2. The van der Waals surface area contributed by atoms with Crippen LogP contribution in [0.25, 0.3) is 0 Å². The fourth-order valence-corrected chi connectivity index (χ4v) is 2.46. The molecule has 2 rings (SSSR count). The van der Waals surface area contributed by atoms with Crippen LogP contribution in [0.1, 0.15) is 22.8 Å². The van der Waals surface area contributed by atoms with Crippen LogP contribution < -0.4 is 20.4 Å². The summed E-state index contributed by atoms with van der Waals surface area (Å²) in [5.41, 5.74) is -3.22. The number of pyridine rings is 1. The van der Waals surface area contributed by atoms with Crippen molar-refractivity contribution < 1.29 is 37.2 Å². The topological polar surface area (TPSA) is 90.8 Å². The fraction of sp³-hybridized carbons (Fsp3) is 0.316. The molecule has 1 heterocycles. The summed E-state index contributed by atoms with van der Waals surface area (Å²) in [7, 11) is 1.41. The van der Waals surface area contributed by atoms with Crippen molar-refractivity contribution in [3.8, 4) is 5.75 Å². The van der Waals surface area contributed by atoms with Gasteiger partial charge in [-0.2, -0.15) is 13.2 Å².